The number of hydrogen-bond donors (Lipinski definition) is 1. The molecule has 1 N–H and O–H groups in total. The fourth-order valence-corrected chi connectivity index (χ4v) is 1.84. The molecule has 1 aromatic rings. The molecule has 1 aliphatic carbocycles. The summed E-state index contributed by atoms with van der Waals surface area (Å²) < 4.78 is 2.30. The van der Waals surface area contributed by atoms with Gasteiger partial charge in [-0.15, -0.1) is 12.3 Å². The maximum absolute atomic E-state index is 5.20. The van der Waals surface area contributed by atoms with Crippen LogP contribution in [0, 0.1) is 12.3 Å². The molecule has 0 spiro atoms. The topological polar surface area (TPSA) is 29.9 Å². The van der Waals surface area contributed by atoms with Crippen LogP contribution in [0.2, 0.25) is 0 Å². The first-order chi connectivity index (χ1) is 7.92. The number of hydrogen-bond acceptors (Lipinski definition) is 2. The SMILES string of the molecule is C#CCCCCNCc1cncn1C1CC1. The third-order valence-corrected chi connectivity index (χ3v) is 2.92. The van der Waals surface area contributed by atoms with Gasteiger partial charge in [0.15, 0.2) is 0 Å². The zero-order chi connectivity index (χ0) is 11.2. The maximum atomic E-state index is 5.20. The van der Waals surface area contributed by atoms with E-state index in [1.165, 1.54) is 18.5 Å². The van der Waals surface area contributed by atoms with Crippen molar-refractivity contribution >= 4 is 0 Å². The van der Waals surface area contributed by atoms with Crippen molar-refractivity contribution < 1.29 is 0 Å². The van der Waals surface area contributed by atoms with Crippen LogP contribution in [-0.4, -0.2) is 16.1 Å². The molecule has 86 valence electrons. The highest BCUT2D eigenvalue weighted by Crippen LogP contribution is 2.35. The molecule has 0 aliphatic heterocycles. The second kappa shape index (κ2) is 5.72. The zero-order valence-electron chi connectivity index (χ0n) is 9.65. The summed E-state index contributed by atoms with van der Waals surface area (Å²) in [5.74, 6) is 2.66. The van der Waals surface area contributed by atoms with E-state index in [-0.39, 0.29) is 0 Å². The van der Waals surface area contributed by atoms with Gasteiger partial charge >= 0.3 is 0 Å². The lowest BCUT2D eigenvalue weighted by Gasteiger charge is -2.07. The van der Waals surface area contributed by atoms with Crippen LogP contribution in [0.25, 0.3) is 0 Å². The number of nitrogens with one attached hydrogen (secondary N) is 1. The van der Waals surface area contributed by atoms with Gasteiger partial charge in [0.2, 0.25) is 0 Å². The molecule has 0 unspecified atom stereocenters. The van der Waals surface area contributed by atoms with Gasteiger partial charge in [0.05, 0.1) is 12.0 Å². The zero-order valence-corrected chi connectivity index (χ0v) is 9.65. The minimum absolute atomic E-state index is 0.723. The molecular weight excluding hydrogens is 198 g/mol. The first-order valence-electron chi connectivity index (χ1n) is 6.06. The van der Waals surface area contributed by atoms with Crippen molar-refractivity contribution in [3.8, 4) is 12.3 Å². The van der Waals surface area contributed by atoms with Gasteiger partial charge in [0, 0.05) is 25.2 Å². The lowest BCUT2D eigenvalue weighted by Crippen LogP contribution is -2.17. The van der Waals surface area contributed by atoms with Crippen LogP contribution in [0.15, 0.2) is 12.5 Å². The number of rotatable bonds is 7. The molecule has 0 atom stereocenters. The predicted octanol–water partition coefficient (Wildman–Crippen LogP) is 2.11. The summed E-state index contributed by atoms with van der Waals surface area (Å²) in [5.41, 5.74) is 1.31. The molecule has 1 aliphatic rings. The highest BCUT2D eigenvalue weighted by molar-refractivity contribution is 5.03. The first kappa shape index (κ1) is 11.2. The van der Waals surface area contributed by atoms with Gasteiger partial charge in [-0.25, -0.2) is 4.98 Å². The van der Waals surface area contributed by atoms with Gasteiger partial charge in [-0.2, -0.15) is 0 Å². The van der Waals surface area contributed by atoms with Crippen LogP contribution in [-0.2, 0) is 6.54 Å². The molecule has 1 saturated carbocycles. The largest absolute Gasteiger partial charge is 0.330 e. The van der Waals surface area contributed by atoms with E-state index in [0.29, 0.717) is 0 Å². The molecule has 3 heteroatoms. The summed E-state index contributed by atoms with van der Waals surface area (Å²) in [7, 11) is 0. The van der Waals surface area contributed by atoms with Crippen LogP contribution in [0.4, 0.5) is 0 Å². The van der Waals surface area contributed by atoms with Gasteiger partial charge in [-0.3, -0.25) is 0 Å². The summed E-state index contributed by atoms with van der Waals surface area (Å²) in [6.07, 6.45) is 14.9. The van der Waals surface area contributed by atoms with Crippen molar-refractivity contribution in [3.63, 3.8) is 0 Å². The van der Waals surface area contributed by atoms with Crippen LogP contribution in [0.5, 0.6) is 0 Å². The Morgan fingerprint density at radius 1 is 1.50 bits per heavy atom. The number of aromatic nitrogens is 2. The molecule has 1 heterocycles. The molecule has 0 saturated heterocycles. The highest BCUT2D eigenvalue weighted by Gasteiger charge is 2.24. The minimum Gasteiger partial charge on any atom is -0.330 e. The Bertz CT molecular complexity index is 357. The maximum Gasteiger partial charge on any atom is 0.0951 e. The van der Waals surface area contributed by atoms with E-state index in [1.54, 1.807) is 0 Å². The average molecular weight is 217 g/mol. The summed E-state index contributed by atoms with van der Waals surface area (Å²) in [6.45, 7) is 1.96. The van der Waals surface area contributed by atoms with Crippen LogP contribution in [0.3, 0.4) is 0 Å². The molecule has 0 radical (unpaired) electrons. The lowest BCUT2D eigenvalue weighted by atomic mass is 10.2. The van der Waals surface area contributed by atoms with Crippen molar-refractivity contribution in [1.82, 2.24) is 14.9 Å². The molecule has 1 aromatic heterocycles. The van der Waals surface area contributed by atoms with Crippen molar-refractivity contribution in [2.24, 2.45) is 0 Å². The monoisotopic (exact) mass is 217 g/mol. The predicted molar refractivity (Wildman–Crippen MR) is 64.9 cm³/mol. The van der Waals surface area contributed by atoms with E-state index >= 15 is 0 Å². The molecule has 0 bridgehead atoms. The fourth-order valence-electron chi connectivity index (χ4n) is 1.84. The van der Waals surface area contributed by atoms with E-state index in [9.17, 15) is 0 Å². The summed E-state index contributed by atoms with van der Waals surface area (Å²) in [5, 5.41) is 3.44. The number of nitrogens with zero attached hydrogens (tertiary/aromatic N) is 2. The number of unbranched alkanes of at least 4 members (excludes halogenated alkanes) is 2. The summed E-state index contributed by atoms with van der Waals surface area (Å²) in [4.78, 5) is 4.21. The minimum atomic E-state index is 0.723. The molecule has 0 amide bonds. The summed E-state index contributed by atoms with van der Waals surface area (Å²) >= 11 is 0. The van der Waals surface area contributed by atoms with Crippen molar-refractivity contribution in [1.29, 1.82) is 0 Å². The Balaban J connectivity index is 1.65. The van der Waals surface area contributed by atoms with E-state index < -0.39 is 0 Å². The third-order valence-electron chi connectivity index (χ3n) is 2.92. The Morgan fingerprint density at radius 3 is 3.12 bits per heavy atom. The van der Waals surface area contributed by atoms with Gasteiger partial charge < -0.3 is 9.88 Å². The van der Waals surface area contributed by atoms with Crippen molar-refractivity contribution in [2.45, 2.75) is 44.7 Å². The Morgan fingerprint density at radius 2 is 2.38 bits per heavy atom. The molecule has 0 aromatic carbocycles. The quantitative estimate of drug-likeness (QED) is 0.560. The second-order valence-corrected chi connectivity index (χ2v) is 4.36. The Kier molecular flexibility index (Phi) is 4.01. The van der Waals surface area contributed by atoms with Crippen molar-refractivity contribution in [3.05, 3.63) is 18.2 Å². The smallest absolute Gasteiger partial charge is 0.0951 e. The van der Waals surface area contributed by atoms with Gasteiger partial charge in [0.25, 0.3) is 0 Å². The van der Waals surface area contributed by atoms with Crippen LogP contribution < -0.4 is 5.32 Å². The standard InChI is InChI=1S/C13H19N3/c1-2-3-4-5-8-14-9-13-10-15-11-16(13)12-6-7-12/h1,10-12,14H,3-9H2. The van der Waals surface area contributed by atoms with E-state index in [2.05, 4.69) is 20.8 Å². The van der Waals surface area contributed by atoms with Crippen molar-refractivity contribution in [2.75, 3.05) is 6.54 Å². The van der Waals surface area contributed by atoms with Gasteiger partial charge in [-0.1, -0.05) is 0 Å². The van der Waals surface area contributed by atoms with Gasteiger partial charge in [-0.05, 0) is 32.2 Å². The van der Waals surface area contributed by atoms with Crippen LogP contribution in [0.1, 0.15) is 43.8 Å². The second-order valence-electron chi connectivity index (χ2n) is 4.36. The fraction of sp³-hybridized carbons (Fsp3) is 0.615. The van der Waals surface area contributed by atoms with E-state index in [0.717, 1.165) is 38.4 Å². The normalized spacial score (nSPS) is 14.9. The molecular formula is C13H19N3. The number of imidazole rings is 1. The first-order valence-corrected chi connectivity index (χ1v) is 6.06. The molecule has 3 nitrogen and oxygen atoms in total. The van der Waals surface area contributed by atoms with E-state index in [1.807, 2.05) is 12.5 Å². The number of terminal acetylenes is 1. The average Bonchev–Trinajstić information content (AvgIpc) is 3.04. The van der Waals surface area contributed by atoms with Gasteiger partial charge in [0.1, 0.15) is 0 Å². The van der Waals surface area contributed by atoms with E-state index in [4.69, 9.17) is 6.42 Å². The Hall–Kier alpha value is -1.27. The third kappa shape index (κ3) is 3.11. The molecule has 16 heavy (non-hydrogen) atoms. The lowest BCUT2D eigenvalue weighted by molar-refractivity contribution is 0.593. The highest BCUT2D eigenvalue weighted by atomic mass is 15.1. The molecule has 1 fully saturated rings. The Labute approximate surface area is 97.3 Å². The van der Waals surface area contributed by atoms with Crippen LogP contribution >= 0.6 is 0 Å². The summed E-state index contributed by atoms with van der Waals surface area (Å²) in [6, 6.07) is 0.723. The molecule has 2 rings (SSSR count).